The predicted molar refractivity (Wildman–Crippen MR) is 76.5 cm³/mol. The van der Waals surface area contributed by atoms with Crippen LogP contribution in [-0.4, -0.2) is 25.9 Å². The molecule has 2 rings (SSSR count). The SMILES string of the molecule is COc1ccc(CCNC2CCCC(C(F)(F)F)C2)cc1. The van der Waals surface area contributed by atoms with Gasteiger partial charge in [0.25, 0.3) is 0 Å². The highest BCUT2D eigenvalue weighted by Crippen LogP contribution is 2.37. The maximum absolute atomic E-state index is 12.7. The van der Waals surface area contributed by atoms with Crippen LogP contribution in [-0.2, 0) is 6.42 Å². The number of halogens is 3. The lowest BCUT2D eigenvalue weighted by Gasteiger charge is -2.31. The molecule has 0 aromatic heterocycles. The fourth-order valence-electron chi connectivity index (χ4n) is 2.89. The van der Waals surface area contributed by atoms with Crippen molar-refractivity contribution >= 4 is 0 Å². The molecular weight excluding hydrogens is 279 g/mol. The Morgan fingerprint density at radius 3 is 2.52 bits per heavy atom. The molecule has 1 fully saturated rings. The van der Waals surface area contributed by atoms with Gasteiger partial charge in [0.2, 0.25) is 0 Å². The standard InChI is InChI=1S/C16H22F3NO/c1-21-15-7-5-12(6-8-15)9-10-20-14-4-2-3-13(11-14)16(17,18)19/h5-8,13-14,20H,2-4,9-11H2,1H3. The van der Waals surface area contributed by atoms with Crippen molar-refractivity contribution in [1.29, 1.82) is 0 Å². The summed E-state index contributed by atoms with van der Waals surface area (Å²) in [7, 11) is 1.62. The average Bonchev–Trinajstić information content (AvgIpc) is 2.47. The molecule has 0 amide bonds. The molecule has 0 spiro atoms. The van der Waals surface area contributed by atoms with E-state index in [-0.39, 0.29) is 18.9 Å². The van der Waals surface area contributed by atoms with Crippen molar-refractivity contribution in [2.24, 2.45) is 5.92 Å². The summed E-state index contributed by atoms with van der Waals surface area (Å²) in [5.74, 6) is -0.322. The van der Waals surface area contributed by atoms with Gasteiger partial charge in [0.1, 0.15) is 5.75 Å². The largest absolute Gasteiger partial charge is 0.497 e. The average molecular weight is 301 g/mol. The first kappa shape index (κ1) is 16.1. The summed E-state index contributed by atoms with van der Waals surface area (Å²) in [6, 6.07) is 7.76. The lowest BCUT2D eigenvalue weighted by atomic mass is 9.85. The first-order valence-electron chi connectivity index (χ1n) is 7.42. The third-order valence-corrected chi connectivity index (χ3v) is 4.14. The van der Waals surface area contributed by atoms with Crippen LogP contribution in [0.15, 0.2) is 24.3 Å². The number of benzene rings is 1. The van der Waals surface area contributed by atoms with Crippen molar-refractivity contribution in [3.05, 3.63) is 29.8 Å². The Morgan fingerprint density at radius 2 is 1.90 bits per heavy atom. The van der Waals surface area contributed by atoms with Gasteiger partial charge in [-0.2, -0.15) is 13.2 Å². The van der Waals surface area contributed by atoms with Gasteiger partial charge in [-0.05, 0) is 49.9 Å². The molecule has 5 heteroatoms. The first-order chi connectivity index (χ1) is 9.99. The van der Waals surface area contributed by atoms with Crippen LogP contribution in [0.1, 0.15) is 31.2 Å². The highest BCUT2D eigenvalue weighted by Gasteiger charge is 2.41. The summed E-state index contributed by atoms with van der Waals surface area (Å²) in [5.41, 5.74) is 1.16. The quantitative estimate of drug-likeness (QED) is 0.889. The zero-order valence-corrected chi connectivity index (χ0v) is 12.2. The summed E-state index contributed by atoms with van der Waals surface area (Å²) in [6.07, 6.45) is -1.24. The van der Waals surface area contributed by atoms with E-state index in [0.717, 1.165) is 24.2 Å². The van der Waals surface area contributed by atoms with Gasteiger partial charge in [-0.25, -0.2) is 0 Å². The third-order valence-electron chi connectivity index (χ3n) is 4.14. The highest BCUT2D eigenvalue weighted by atomic mass is 19.4. The van der Waals surface area contributed by atoms with E-state index in [4.69, 9.17) is 4.74 Å². The van der Waals surface area contributed by atoms with Gasteiger partial charge in [0.05, 0.1) is 13.0 Å². The molecule has 0 aliphatic heterocycles. The minimum absolute atomic E-state index is 0.0105. The van der Waals surface area contributed by atoms with Gasteiger partial charge in [0.15, 0.2) is 0 Å². The van der Waals surface area contributed by atoms with Gasteiger partial charge < -0.3 is 10.1 Å². The summed E-state index contributed by atoms with van der Waals surface area (Å²) in [6.45, 7) is 0.710. The van der Waals surface area contributed by atoms with Crippen molar-refractivity contribution < 1.29 is 17.9 Å². The molecule has 1 N–H and O–H groups in total. The first-order valence-corrected chi connectivity index (χ1v) is 7.42. The topological polar surface area (TPSA) is 21.3 Å². The van der Waals surface area contributed by atoms with E-state index in [1.54, 1.807) is 7.11 Å². The fraction of sp³-hybridized carbons (Fsp3) is 0.625. The van der Waals surface area contributed by atoms with E-state index >= 15 is 0 Å². The van der Waals surface area contributed by atoms with E-state index in [1.165, 1.54) is 0 Å². The normalized spacial score (nSPS) is 23.0. The van der Waals surface area contributed by atoms with Crippen LogP contribution < -0.4 is 10.1 Å². The molecule has 0 radical (unpaired) electrons. The second-order valence-corrected chi connectivity index (χ2v) is 5.65. The summed E-state index contributed by atoms with van der Waals surface area (Å²) >= 11 is 0. The van der Waals surface area contributed by atoms with Crippen LogP contribution in [0.4, 0.5) is 13.2 Å². The molecule has 1 aliphatic carbocycles. The molecule has 2 nitrogen and oxygen atoms in total. The Hall–Kier alpha value is -1.23. The number of rotatable bonds is 5. The molecule has 2 atom stereocenters. The molecule has 0 heterocycles. The van der Waals surface area contributed by atoms with E-state index in [1.807, 2.05) is 24.3 Å². The van der Waals surface area contributed by atoms with Gasteiger partial charge >= 0.3 is 6.18 Å². The van der Waals surface area contributed by atoms with E-state index in [9.17, 15) is 13.2 Å². The fourth-order valence-corrected chi connectivity index (χ4v) is 2.89. The number of ether oxygens (including phenoxy) is 1. The molecule has 0 bridgehead atoms. The maximum Gasteiger partial charge on any atom is 0.391 e. The summed E-state index contributed by atoms with van der Waals surface area (Å²) in [4.78, 5) is 0. The molecular formula is C16H22F3NO. The van der Waals surface area contributed by atoms with Crippen LogP contribution in [0.3, 0.4) is 0 Å². The monoisotopic (exact) mass is 301 g/mol. The van der Waals surface area contributed by atoms with Gasteiger partial charge in [-0.15, -0.1) is 0 Å². The second-order valence-electron chi connectivity index (χ2n) is 5.65. The number of hydrogen-bond acceptors (Lipinski definition) is 2. The summed E-state index contributed by atoms with van der Waals surface area (Å²) in [5, 5.41) is 3.27. The van der Waals surface area contributed by atoms with E-state index in [2.05, 4.69) is 5.32 Å². The molecule has 0 saturated heterocycles. The van der Waals surface area contributed by atoms with Crippen molar-refractivity contribution in [1.82, 2.24) is 5.32 Å². The Kier molecular flexibility index (Phi) is 5.51. The smallest absolute Gasteiger partial charge is 0.391 e. The molecule has 1 aromatic carbocycles. The third kappa shape index (κ3) is 4.92. The Morgan fingerprint density at radius 1 is 1.19 bits per heavy atom. The zero-order valence-electron chi connectivity index (χ0n) is 12.2. The minimum atomic E-state index is -4.05. The number of methoxy groups -OCH3 is 1. The van der Waals surface area contributed by atoms with Gasteiger partial charge in [-0.3, -0.25) is 0 Å². The number of alkyl halides is 3. The van der Waals surface area contributed by atoms with Crippen LogP contribution in [0.2, 0.25) is 0 Å². The van der Waals surface area contributed by atoms with Crippen molar-refractivity contribution in [3.63, 3.8) is 0 Å². The van der Waals surface area contributed by atoms with Gasteiger partial charge in [-0.1, -0.05) is 18.6 Å². The Balaban J connectivity index is 1.75. The Labute approximate surface area is 123 Å². The second kappa shape index (κ2) is 7.16. The van der Waals surface area contributed by atoms with E-state index in [0.29, 0.717) is 13.0 Å². The molecule has 1 aromatic rings. The van der Waals surface area contributed by atoms with Gasteiger partial charge in [0, 0.05) is 6.04 Å². The molecule has 1 saturated carbocycles. The van der Waals surface area contributed by atoms with Crippen LogP contribution in [0, 0.1) is 5.92 Å². The van der Waals surface area contributed by atoms with Crippen molar-refractivity contribution in [2.75, 3.05) is 13.7 Å². The van der Waals surface area contributed by atoms with Crippen LogP contribution >= 0.6 is 0 Å². The molecule has 1 aliphatic rings. The molecule has 21 heavy (non-hydrogen) atoms. The maximum atomic E-state index is 12.7. The minimum Gasteiger partial charge on any atom is -0.497 e. The summed E-state index contributed by atoms with van der Waals surface area (Å²) < 4.78 is 43.3. The molecule has 2 unspecified atom stereocenters. The lowest BCUT2D eigenvalue weighted by molar-refractivity contribution is -0.183. The zero-order chi connectivity index (χ0) is 15.3. The molecule has 118 valence electrons. The van der Waals surface area contributed by atoms with Crippen LogP contribution in [0.25, 0.3) is 0 Å². The van der Waals surface area contributed by atoms with Crippen molar-refractivity contribution in [3.8, 4) is 5.75 Å². The van der Waals surface area contributed by atoms with Crippen LogP contribution in [0.5, 0.6) is 5.75 Å². The Bertz CT molecular complexity index is 430. The highest BCUT2D eigenvalue weighted by molar-refractivity contribution is 5.27. The predicted octanol–water partition coefficient (Wildman–Crippen LogP) is 3.95. The van der Waals surface area contributed by atoms with Crippen molar-refractivity contribution in [2.45, 2.75) is 44.3 Å². The van der Waals surface area contributed by atoms with E-state index < -0.39 is 12.1 Å². The number of hydrogen-bond donors (Lipinski definition) is 1. The lowest BCUT2D eigenvalue weighted by Crippen LogP contribution is -2.39. The number of nitrogens with one attached hydrogen (secondary N) is 1.